The van der Waals surface area contributed by atoms with Gasteiger partial charge in [0.2, 0.25) is 0 Å². The zero-order valence-corrected chi connectivity index (χ0v) is 63.7. The summed E-state index contributed by atoms with van der Waals surface area (Å²) in [5.74, 6) is -5.36. The normalized spacial score (nSPS) is 32.1. The summed E-state index contributed by atoms with van der Waals surface area (Å²) in [6.45, 7) is 3.89. The van der Waals surface area contributed by atoms with Crippen LogP contribution >= 0.6 is 0 Å². The molecule has 5 heterocycles. The quantitative estimate of drug-likeness (QED) is 0.0125. The van der Waals surface area contributed by atoms with Gasteiger partial charge < -0.3 is 114 Å². The van der Waals surface area contributed by atoms with Gasteiger partial charge in [0.25, 0.3) is 0 Å². The average Bonchev–Trinajstić information content (AvgIpc) is 0.758. The smallest absolute Gasteiger partial charge is 0.338 e. The molecule has 0 aliphatic carbocycles. The summed E-state index contributed by atoms with van der Waals surface area (Å²) in [5.41, 5.74) is 13.7. The highest BCUT2D eigenvalue weighted by molar-refractivity contribution is 5.76. The molecule has 32 nitrogen and oxygen atoms in total. The third kappa shape index (κ3) is 22.5. The van der Waals surface area contributed by atoms with Crippen molar-refractivity contribution in [3.8, 4) is 0 Å². The summed E-state index contributed by atoms with van der Waals surface area (Å²) >= 11 is 0. The number of rotatable bonds is 37. The maximum absolute atomic E-state index is 15.3. The first-order valence-electron chi connectivity index (χ1n) is 36.3. The molecule has 111 heavy (non-hydrogen) atoms. The number of hydrogen-bond donors (Lipinski definition) is 0. The molecule has 0 aromatic heterocycles. The molecule has 5 aliphatic rings. The standard InChI is InChI=1S/C79H99N3O29/c1-45-58(102-48(4)85)60(106-78-71(93-10)64(91-8)67(69(111-78)74(87)101-41-53-35-25-16-26-36-53)109-76-57(81-82-80)62(89-6)59(88-5)55(104-76)43-96-46(2)83)56(44-97-47(3)84)103-75(45)108-66-63(90-7)70(92-9)79(110-68(66)73(86)100-40-52-33-23-15-24-34-52)107-61-54(42-95-37-49-27-17-12-18-28-49)105-77(94-11)72(99-39-51-31-21-14-22-32-51)65(61)98-38-50-29-19-13-20-30-50/h12-36,45,54-72,75-79H,37-44H2,1-11H3/t45?,54?,55?,56-,57?,58?,59+,60+,61+,62+,63?,64-,65-,66-,67-,68+,69?,70?,71?,72?,75+,76+,77-,78+,79+/m0/s1. The molecule has 0 saturated carbocycles. The second-order valence-electron chi connectivity index (χ2n) is 26.8. The molecule has 10 unspecified atom stereocenters. The molecule has 10 rings (SSSR count). The molecule has 0 spiro atoms. The number of hydrogen-bond acceptors (Lipinski definition) is 30. The van der Waals surface area contributed by atoms with E-state index >= 15 is 4.79 Å². The van der Waals surface area contributed by atoms with Gasteiger partial charge in [-0.25, -0.2) is 9.59 Å². The van der Waals surface area contributed by atoms with E-state index < -0.39 is 190 Å². The first-order valence-corrected chi connectivity index (χ1v) is 36.3. The molecule has 32 heteroatoms. The first-order chi connectivity index (χ1) is 53.9. The average molecular weight is 1550 g/mol. The van der Waals surface area contributed by atoms with Gasteiger partial charge in [-0.3, -0.25) is 14.4 Å². The third-order valence-corrected chi connectivity index (χ3v) is 19.4. The highest BCUT2D eigenvalue weighted by atomic mass is 16.8. The predicted octanol–water partition coefficient (Wildman–Crippen LogP) is 7.14. The van der Waals surface area contributed by atoms with Crippen LogP contribution in [0.1, 0.15) is 55.5 Å². The second-order valence-corrected chi connectivity index (χ2v) is 26.8. The zero-order valence-electron chi connectivity index (χ0n) is 63.7. The van der Waals surface area contributed by atoms with Crippen LogP contribution in [0, 0.1) is 5.92 Å². The number of carbonyl (C=O) groups is 5. The minimum Gasteiger partial charge on any atom is -0.463 e. The van der Waals surface area contributed by atoms with Crippen molar-refractivity contribution in [1.29, 1.82) is 0 Å². The van der Waals surface area contributed by atoms with Crippen molar-refractivity contribution in [3.63, 3.8) is 0 Å². The third-order valence-electron chi connectivity index (χ3n) is 19.4. The molecular formula is C79H99N3O29. The van der Waals surface area contributed by atoms with Gasteiger partial charge >= 0.3 is 29.8 Å². The Morgan fingerprint density at radius 3 is 1.14 bits per heavy atom. The topological polar surface area (TPSA) is 356 Å². The second kappa shape index (κ2) is 42.8. The minimum absolute atomic E-state index is 0.0634. The van der Waals surface area contributed by atoms with E-state index in [1.807, 2.05) is 97.1 Å². The van der Waals surface area contributed by atoms with E-state index in [1.165, 1.54) is 56.7 Å². The molecule has 0 N–H and O–H groups in total. The Bertz CT molecular complexity index is 3710. The van der Waals surface area contributed by atoms with Crippen LogP contribution in [-0.4, -0.2) is 247 Å². The monoisotopic (exact) mass is 1550 g/mol. The predicted molar refractivity (Wildman–Crippen MR) is 384 cm³/mol. The molecular weight excluding hydrogens is 1450 g/mol. The van der Waals surface area contributed by atoms with E-state index in [0.717, 1.165) is 30.5 Å². The number of esters is 5. The van der Waals surface area contributed by atoms with Crippen LogP contribution in [0.4, 0.5) is 0 Å². The fourth-order valence-corrected chi connectivity index (χ4v) is 14.1. The van der Waals surface area contributed by atoms with Gasteiger partial charge in [0.1, 0.15) is 124 Å². The number of methoxy groups -OCH3 is 7. The van der Waals surface area contributed by atoms with Crippen LogP contribution in [0.5, 0.6) is 0 Å². The Labute approximate surface area is 643 Å². The van der Waals surface area contributed by atoms with Crippen molar-refractivity contribution in [2.45, 2.75) is 208 Å². The SMILES string of the molecule is COC1C(OC)[C@H](O[C@H]2O[C@@H](COC(C)=O)[C@@H](O[C@@H]3OC(C(=O)OCc4ccccc4)[C@@H](O[C@H]4OC(COC(C)=O)[C@@H](OC)[C@H](OC)C4N=[N+]=[N-])[C@H](OC)C3OC)C(OC(C)=O)C2C)[C@H](C(=O)OCc2ccccc2)O[C@H]1O[C@@H]1C(COCc2ccccc2)O[C@H](OC)C(OCc2ccccc2)[C@H]1OCc1ccccc1. The van der Waals surface area contributed by atoms with E-state index in [1.54, 1.807) is 61.5 Å². The lowest BCUT2D eigenvalue weighted by Crippen LogP contribution is -2.68. The summed E-state index contributed by atoms with van der Waals surface area (Å²) in [5, 5.41) is 3.98. The van der Waals surface area contributed by atoms with Crippen LogP contribution in [0.2, 0.25) is 0 Å². The van der Waals surface area contributed by atoms with Crippen molar-refractivity contribution in [1.82, 2.24) is 0 Å². The number of ether oxygens (including phenoxy) is 24. The summed E-state index contributed by atoms with van der Waals surface area (Å²) in [6, 6.07) is 44.9. The van der Waals surface area contributed by atoms with E-state index in [-0.39, 0.29) is 46.2 Å². The zero-order chi connectivity index (χ0) is 78.9. The van der Waals surface area contributed by atoms with Crippen LogP contribution in [-0.2, 0) is 171 Å². The van der Waals surface area contributed by atoms with Gasteiger partial charge in [-0.2, -0.15) is 0 Å². The first kappa shape index (κ1) is 85.4. The van der Waals surface area contributed by atoms with Crippen molar-refractivity contribution in [2.75, 3.05) is 69.6 Å². The molecule has 5 aromatic rings. The number of carbonyl (C=O) groups excluding carboxylic acids is 5. The maximum atomic E-state index is 15.3. The summed E-state index contributed by atoms with van der Waals surface area (Å²) < 4.78 is 154. The highest BCUT2D eigenvalue weighted by Crippen LogP contribution is 2.42. The Morgan fingerprint density at radius 1 is 0.351 bits per heavy atom. The summed E-state index contributed by atoms with van der Waals surface area (Å²) in [6.07, 6.45) is -31.7. The molecule has 5 fully saturated rings. The molecule has 5 aliphatic heterocycles. The maximum Gasteiger partial charge on any atom is 0.338 e. The van der Waals surface area contributed by atoms with E-state index in [4.69, 9.17) is 114 Å². The van der Waals surface area contributed by atoms with Gasteiger partial charge in [0.05, 0.1) is 32.5 Å². The summed E-state index contributed by atoms with van der Waals surface area (Å²) in [4.78, 5) is 72.2. The lowest BCUT2D eigenvalue weighted by molar-refractivity contribution is -0.388. The van der Waals surface area contributed by atoms with E-state index in [9.17, 15) is 24.7 Å². The molecule has 604 valence electrons. The molecule has 0 amide bonds. The van der Waals surface area contributed by atoms with Crippen molar-refractivity contribution < 1.29 is 138 Å². The van der Waals surface area contributed by atoms with Gasteiger partial charge in [-0.05, 0) is 33.3 Å². The van der Waals surface area contributed by atoms with Crippen LogP contribution in [0.15, 0.2) is 157 Å². The Hall–Kier alpha value is -8.00. The Morgan fingerprint density at radius 2 is 0.721 bits per heavy atom. The van der Waals surface area contributed by atoms with Crippen LogP contribution in [0.25, 0.3) is 10.4 Å². The molecule has 0 bridgehead atoms. The Balaban J connectivity index is 0.994. The highest BCUT2D eigenvalue weighted by Gasteiger charge is 2.61. The fraction of sp³-hybridized carbons (Fsp3) is 0.557. The van der Waals surface area contributed by atoms with Gasteiger partial charge in [0.15, 0.2) is 43.7 Å². The van der Waals surface area contributed by atoms with Crippen LogP contribution in [0.3, 0.4) is 0 Å². The van der Waals surface area contributed by atoms with Crippen LogP contribution < -0.4 is 0 Å². The minimum atomic E-state index is -1.85. The van der Waals surface area contributed by atoms with Crippen molar-refractivity contribution in [2.24, 2.45) is 11.0 Å². The number of azide groups is 1. The van der Waals surface area contributed by atoms with Crippen molar-refractivity contribution >= 4 is 29.8 Å². The molecule has 5 aromatic carbocycles. The molecule has 25 atom stereocenters. The summed E-state index contributed by atoms with van der Waals surface area (Å²) in [7, 11) is 9.54. The largest absolute Gasteiger partial charge is 0.463 e. The fourth-order valence-electron chi connectivity index (χ4n) is 14.1. The molecule has 0 radical (unpaired) electrons. The van der Waals surface area contributed by atoms with Crippen molar-refractivity contribution in [3.05, 3.63) is 190 Å². The Kier molecular flexibility index (Phi) is 32.9. The number of nitrogens with zero attached hydrogens (tertiary/aromatic N) is 3. The lowest BCUT2D eigenvalue weighted by Gasteiger charge is -2.51. The van der Waals surface area contributed by atoms with E-state index in [0.29, 0.717) is 11.1 Å². The van der Waals surface area contributed by atoms with Gasteiger partial charge in [0, 0.05) is 81.4 Å². The van der Waals surface area contributed by atoms with Gasteiger partial charge in [-0.15, -0.1) is 0 Å². The lowest BCUT2D eigenvalue weighted by atomic mass is 9.90. The van der Waals surface area contributed by atoms with E-state index in [2.05, 4.69) is 10.0 Å². The number of benzene rings is 5. The molecule has 5 saturated heterocycles. The van der Waals surface area contributed by atoms with Gasteiger partial charge in [-0.1, -0.05) is 164 Å².